The van der Waals surface area contributed by atoms with Gasteiger partial charge in [-0.3, -0.25) is 4.79 Å². The lowest BCUT2D eigenvalue weighted by atomic mass is 9.69. The van der Waals surface area contributed by atoms with Crippen LogP contribution in [-0.4, -0.2) is 17.0 Å². The van der Waals surface area contributed by atoms with Crippen LogP contribution in [0.25, 0.3) is 17.2 Å². The first-order valence-electron chi connectivity index (χ1n) is 11.7. The van der Waals surface area contributed by atoms with Gasteiger partial charge in [-0.15, -0.1) is 0 Å². The molecule has 0 radical (unpaired) electrons. The van der Waals surface area contributed by atoms with Crippen LogP contribution < -0.4 is 5.32 Å². The second kappa shape index (κ2) is 10.6. The summed E-state index contributed by atoms with van der Waals surface area (Å²) in [5, 5.41) is 11.9. The Kier molecular flexibility index (Phi) is 7.39. The molecule has 0 saturated heterocycles. The summed E-state index contributed by atoms with van der Waals surface area (Å²) in [6.07, 6.45) is 7.55. The van der Waals surface area contributed by atoms with E-state index < -0.39 is 23.0 Å². The molecule has 0 atom stereocenters. The van der Waals surface area contributed by atoms with E-state index in [4.69, 9.17) is 5.11 Å². The van der Waals surface area contributed by atoms with Crippen molar-refractivity contribution >= 4 is 23.6 Å². The summed E-state index contributed by atoms with van der Waals surface area (Å²) in [5.41, 5.74) is 2.03. The number of hydrogen-bond donors (Lipinski definition) is 2. The minimum Gasteiger partial charge on any atom is -0.478 e. The first-order chi connectivity index (χ1) is 16.9. The molecule has 0 unspecified atom stereocenters. The maximum atomic E-state index is 14.2. The molecular formula is C29H27F2NO3. The van der Waals surface area contributed by atoms with Gasteiger partial charge in [0.15, 0.2) is 0 Å². The number of benzene rings is 3. The van der Waals surface area contributed by atoms with Gasteiger partial charge in [-0.05, 0) is 66.3 Å². The Balaban J connectivity index is 1.54. The molecule has 0 spiro atoms. The summed E-state index contributed by atoms with van der Waals surface area (Å²) >= 11 is 0. The van der Waals surface area contributed by atoms with E-state index in [1.165, 1.54) is 24.3 Å². The van der Waals surface area contributed by atoms with E-state index in [0.29, 0.717) is 23.2 Å². The predicted octanol–water partition coefficient (Wildman–Crippen LogP) is 6.86. The summed E-state index contributed by atoms with van der Waals surface area (Å²) in [4.78, 5) is 24.3. The van der Waals surface area contributed by atoms with Crippen molar-refractivity contribution in [2.75, 3.05) is 5.32 Å². The van der Waals surface area contributed by atoms with Gasteiger partial charge in [0.25, 0.3) is 0 Å². The zero-order valence-electron chi connectivity index (χ0n) is 19.3. The van der Waals surface area contributed by atoms with Crippen molar-refractivity contribution in [3.8, 4) is 11.1 Å². The first kappa shape index (κ1) is 24.3. The van der Waals surface area contributed by atoms with Gasteiger partial charge < -0.3 is 10.4 Å². The number of carboxylic acid groups (broad SMARTS) is 1. The van der Waals surface area contributed by atoms with Crippen LogP contribution in [0.4, 0.5) is 14.5 Å². The van der Waals surface area contributed by atoms with Crippen LogP contribution in [-0.2, 0) is 16.0 Å². The Hall–Kier alpha value is -3.80. The number of halogens is 2. The fourth-order valence-corrected chi connectivity index (χ4v) is 4.82. The number of carbonyl (C=O) groups excluding carboxylic acids is 1. The van der Waals surface area contributed by atoms with Crippen LogP contribution in [0, 0.1) is 17.0 Å². The molecule has 0 aromatic heterocycles. The molecule has 0 bridgehead atoms. The Morgan fingerprint density at radius 2 is 1.57 bits per heavy atom. The lowest BCUT2D eigenvalue weighted by molar-refractivity contribution is -0.131. The fraction of sp³-hybridized carbons (Fsp3) is 0.241. The van der Waals surface area contributed by atoms with E-state index in [1.54, 1.807) is 36.4 Å². The molecule has 1 aliphatic rings. The van der Waals surface area contributed by atoms with Gasteiger partial charge in [0.1, 0.15) is 11.6 Å². The highest BCUT2D eigenvalue weighted by molar-refractivity contribution is 5.96. The molecular weight excluding hydrogens is 448 g/mol. The predicted molar refractivity (Wildman–Crippen MR) is 133 cm³/mol. The average molecular weight is 476 g/mol. The van der Waals surface area contributed by atoms with Crippen LogP contribution in [0.3, 0.4) is 0 Å². The molecule has 0 aliphatic heterocycles. The van der Waals surface area contributed by atoms with Crippen molar-refractivity contribution in [2.45, 2.75) is 38.5 Å². The number of anilines is 1. The van der Waals surface area contributed by atoms with Crippen molar-refractivity contribution in [1.82, 2.24) is 0 Å². The van der Waals surface area contributed by atoms with Crippen LogP contribution in [0.5, 0.6) is 0 Å². The number of carboxylic acids is 1. The maximum Gasteiger partial charge on any atom is 0.328 e. The summed E-state index contributed by atoms with van der Waals surface area (Å²) < 4.78 is 28.3. The number of amides is 1. The highest BCUT2D eigenvalue weighted by Crippen LogP contribution is 2.41. The van der Waals surface area contributed by atoms with Gasteiger partial charge in [0.05, 0.1) is 11.0 Å². The fourth-order valence-electron chi connectivity index (χ4n) is 4.82. The van der Waals surface area contributed by atoms with Gasteiger partial charge in [-0.1, -0.05) is 61.7 Å². The Bertz CT molecular complexity index is 1220. The van der Waals surface area contributed by atoms with Crippen molar-refractivity contribution in [1.29, 1.82) is 0 Å². The standard InChI is InChI=1S/C29H27F2NO3/c30-24-8-5-9-25(31)27(24)22-13-10-21(11-14-22)19-29(16-2-1-3-17-29)28(35)32-23-7-4-6-20(18-23)12-15-26(33)34/h4-15,18H,1-3,16-17,19H2,(H,32,35)(H,33,34)/b15-12+. The molecule has 6 heteroatoms. The molecule has 180 valence electrons. The molecule has 3 aromatic carbocycles. The average Bonchev–Trinajstić information content (AvgIpc) is 2.84. The molecule has 4 rings (SSSR count). The summed E-state index contributed by atoms with van der Waals surface area (Å²) in [6.45, 7) is 0. The van der Waals surface area contributed by atoms with Crippen LogP contribution in [0.1, 0.15) is 43.2 Å². The monoisotopic (exact) mass is 475 g/mol. The van der Waals surface area contributed by atoms with E-state index in [2.05, 4.69) is 5.32 Å². The Morgan fingerprint density at radius 1 is 0.914 bits per heavy atom. The summed E-state index contributed by atoms with van der Waals surface area (Å²) in [5.74, 6) is -2.33. The van der Waals surface area contributed by atoms with Gasteiger partial charge in [-0.2, -0.15) is 0 Å². The third kappa shape index (κ3) is 5.83. The summed E-state index contributed by atoms with van der Waals surface area (Å²) in [7, 11) is 0. The van der Waals surface area contributed by atoms with Gasteiger partial charge in [0.2, 0.25) is 5.91 Å². The third-order valence-electron chi connectivity index (χ3n) is 6.60. The Morgan fingerprint density at radius 3 is 2.23 bits per heavy atom. The van der Waals surface area contributed by atoms with Gasteiger partial charge in [0, 0.05) is 11.8 Å². The van der Waals surface area contributed by atoms with Crippen molar-refractivity contribution in [3.05, 3.63) is 95.6 Å². The first-order valence-corrected chi connectivity index (χ1v) is 11.7. The topological polar surface area (TPSA) is 66.4 Å². The third-order valence-corrected chi connectivity index (χ3v) is 6.60. The van der Waals surface area contributed by atoms with Crippen molar-refractivity contribution in [2.24, 2.45) is 5.41 Å². The smallest absolute Gasteiger partial charge is 0.328 e. The van der Waals surface area contributed by atoms with Crippen LogP contribution in [0.15, 0.2) is 72.8 Å². The number of hydrogen-bond acceptors (Lipinski definition) is 2. The second-order valence-electron chi connectivity index (χ2n) is 9.06. The molecule has 4 nitrogen and oxygen atoms in total. The zero-order chi connectivity index (χ0) is 24.8. The number of aliphatic carboxylic acids is 1. The zero-order valence-corrected chi connectivity index (χ0v) is 19.3. The van der Waals surface area contributed by atoms with Crippen molar-refractivity contribution in [3.63, 3.8) is 0 Å². The lowest BCUT2D eigenvalue weighted by Gasteiger charge is -2.36. The quantitative estimate of drug-likeness (QED) is 0.367. The highest BCUT2D eigenvalue weighted by Gasteiger charge is 2.39. The highest BCUT2D eigenvalue weighted by atomic mass is 19.1. The molecule has 35 heavy (non-hydrogen) atoms. The van der Waals surface area contributed by atoms with Crippen molar-refractivity contribution < 1.29 is 23.5 Å². The molecule has 1 aliphatic carbocycles. The number of rotatable bonds is 7. The van der Waals surface area contributed by atoms with E-state index in [9.17, 15) is 18.4 Å². The summed E-state index contributed by atoms with van der Waals surface area (Å²) in [6, 6.07) is 17.9. The second-order valence-corrected chi connectivity index (χ2v) is 9.06. The van der Waals surface area contributed by atoms with E-state index in [0.717, 1.165) is 43.7 Å². The van der Waals surface area contributed by atoms with E-state index in [-0.39, 0.29) is 11.5 Å². The Labute approximate surface area is 203 Å². The van der Waals surface area contributed by atoms with Crippen LogP contribution in [0.2, 0.25) is 0 Å². The van der Waals surface area contributed by atoms with Gasteiger partial charge >= 0.3 is 5.97 Å². The minimum absolute atomic E-state index is 0.0546. The largest absolute Gasteiger partial charge is 0.478 e. The van der Waals surface area contributed by atoms with Gasteiger partial charge in [-0.25, -0.2) is 13.6 Å². The number of nitrogens with one attached hydrogen (secondary N) is 1. The normalized spacial score (nSPS) is 15.1. The maximum absolute atomic E-state index is 14.2. The van der Waals surface area contributed by atoms with Crippen LogP contribution >= 0.6 is 0 Å². The molecule has 0 heterocycles. The minimum atomic E-state index is -1.04. The van der Waals surface area contributed by atoms with E-state index >= 15 is 0 Å². The molecule has 1 amide bonds. The molecule has 1 fully saturated rings. The number of carbonyl (C=O) groups is 2. The molecule has 3 aromatic rings. The molecule has 1 saturated carbocycles. The molecule has 2 N–H and O–H groups in total. The lowest BCUT2D eigenvalue weighted by Crippen LogP contribution is -2.40. The SMILES string of the molecule is O=C(O)/C=C/c1cccc(NC(=O)C2(Cc3ccc(-c4c(F)cccc4F)cc3)CCCCC2)c1. The van der Waals surface area contributed by atoms with E-state index in [1.807, 2.05) is 12.1 Å².